The molecule has 5 nitrogen and oxygen atoms in total. The highest BCUT2D eigenvalue weighted by Gasteiger charge is 2.12. The molecule has 0 saturated carbocycles. The minimum Gasteiger partial charge on any atom is -0.497 e. The van der Waals surface area contributed by atoms with Gasteiger partial charge in [0.25, 0.3) is 0 Å². The monoisotopic (exact) mass is 405 g/mol. The number of nitrogens with two attached hydrogens (primary N) is 1. The molecule has 2 rings (SSSR count). The molecule has 21 heavy (non-hydrogen) atoms. The van der Waals surface area contributed by atoms with Crippen molar-refractivity contribution in [1.82, 2.24) is 0 Å². The first-order valence-electron chi connectivity index (χ1n) is 7.10. The van der Waals surface area contributed by atoms with Gasteiger partial charge in [0.2, 0.25) is 0 Å². The molecule has 118 valence electrons. The fourth-order valence-corrected chi connectivity index (χ4v) is 2.25. The summed E-state index contributed by atoms with van der Waals surface area (Å²) < 4.78 is 10.8. The lowest BCUT2D eigenvalue weighted by atomic mass is 10.1. The van der Waals surface area contributed by atoms with E-state index in [1.54, 1.807) is 7.11 Å². The second-order valence-electron chi connectivity index (χ2n) is 4.90. The summed E-state index contributed by atoms with van der Waals surface area (Å²) in [5, 5.41) is 3.06. The molecule has 0 bridgehead atoms. The van der Waals surface area contributed by atoms with Crippen molar-refractivity contribution in [2.45, 2.75) is 31.8 Å². The average molecular weight is 405 g/mol. The smallest absolute Gasteiger partial charge is 0.193 e. The number of benzene rings is 1. The number of ether oxygens (including phenoxy) is 2. The van der Waals surface area contributed by atoms with E-state index in [0.717, 1.165) is 30.9 Å². The number of rotatable bonds is 5. The Kier molecular flexibility index (Phi) is 8.44. The molecule has 0 amide bonds. The molecule has 1 aromatic rings. The summed E-state index contributed by atoms with van der Waals surface area (Å²) in [6, 6.07) is 7.60. The molecule has 0 spiro atoms. The number of guanidine groups is 1. The molecule has 1 fully saturated rings. The highest BCUT2D eigenvalue weighted by molar-refractivity contribution is 14.0. The standard InChI is InChI=1S/C15H23N3O2.HI/c1-19-14-7-4-5-12(11-14)18-15(16)17-9-8-13-6-2-3-10-20-13;/h4-5,7,11,13H,2-3,6,8-10H2,1H3,(H3,16,17,18);1H. The SMILES string of the molecule is COc1cccc(NC(N)=NCCC2CCCCO2)c1.I. The van der Waals surface area contributed by atoms with Crippen molar-refractivity contribution in [3.05, 3.63) is 24.3 Å². The van der Waals surface area contributed by atoms with Crippen molar-refractivity contribution in [3.8, 4) is 5.75 Å². The van der Waals surface area contributed by atoms with Crippen molar-refractivity contribution in [3.63, 3.8) is 0 Å². The first-order chi connectivity index (χ1) is 9.78. The molecule has 3 N–H and O–H groups in total. The zero-order valence-electron chi connectivity index (χ0n) is 12.4. The van der Waals surface area contributed by atoms with Crippen molar-refractivity contribution < 1.29 is 9.47 Å². The van der Waals surface area contributed by atoms with Crippen molar-refractivity contribution in [1.29, 1.82) is 0 Å². The molecular weight excluding hydrogens is 381 g/mol. The number of hydrogen-bond donors (Lipinski definition) is 2. The predicted molar refractivity (Wildman–Crippen MR) is 96.7 cm³/mol. The summed E-state index contributed by atoms with van der Waals surface area (Å²) in [7, 11) is 1.64. The van der Waals surface area contributed by atoms with Crippen LogP contribution in [0, 0.1) is 0 Å². The molecule has 1 unspecified atom stereocenters. The van der Waals surface area contributed by atoms with E-state index in [1.807, 2.05) is 24.3 Å². The lowest BCUT2D eigenvalue weighted by Crippen LogP contribution is -2.24. The van der Waals surface area contributed by atoms with Crippen LogP contribution in [-0.4, -0.2) is 32.3 Å². The molecule has 1 aromatic carbocycles. The number of nitrogens with zero attached hydrogens (tertiary/aromatic N) is 1. The van der Waals surface area contributed by atoms with Crippen molar-refractivity contribution in [2.24, 2.45) is 10.7 Å². The van der Waals surface area contributed by atoms with Crippen LogP contribution >= 0.6 is 24.0 Å². The molecule has 0 aliphatic carbocycles. The van der Waals surface area contributed by atoms with Gasteiger partial charge in [0.15, 0.2) is 5.96 Å². The Morgan fingerprint density at radius 2 is 2.33 bits per heavy atom. The maximum absolute atomic E-state index is 5.87. The zero-order valence-corrected chi connectivity index (χ0v) is 14.7. The lowest BCUT2D eigenvalue weighted by molar-refractivity contribution is 0.0129. The normalized spacial score (nSPS) is 18.7. The minimum absolute atomic E-state index is 0. The van der Waals surface area contributed by atoms with Gasteiger partial charge in [-0.1, -0.05) is 6.07 Å². The van der Waals surface area contributed by atoms with Crippen LogP contribution in [0.15, 0.2) is 29.3 Å². The molecular formula is C15H24IN3O2. The molecule has 0 aromatic heterocycles. The third kappa shape index (κ3) is 6.52. The summed E-state index contributed by atoms with van der Waals surface area (Å²) in [5.74, 6) is 1.22. The fraction of sp³-hybridized carbons (Fsp3) is 0.533. The summed E-state index contributed by atoms with van der Waals surface area (Å²) in [4.78, 5) is 4.33. The number of methoxy groups -OCH3 is 1. The fourth-order valence-electron chi connectivity index (χ4n) is 2.25. The Bertz CT molecular complexity index is 448. The van der Waals surface area contributed by atoms with Crippen LogP contribution in [-0.2, 0) is 4.74 Å². The lowest BCUT2D eigenvalue weighted by Gasteiger charge is -2.21. The topological polar surface area (TPSA) is 68.9 Å². The predicted octanol–water partition coefficient (Wildman–Crippen LogP) is 3.00. The van der Waals surface area contributed by atoms with Crippen LogP contribution in [0.5, 0.6) is 5.75 Å². The molecule has 6 heteroatoms. The van der Waals surface area contributed by atoms with E-state index >= 15 is 0 Å². The van der Waals surface area contributed by atoms with E-state index in [2.05, 4.69) is 10.3 Å². The van der Waals surface area contributed by atoms with Gasteiger partial charge in [0, 0.05) is 24.9 Å². The van der Waals surface area contributed by atoms with Crippen LogP contribution < -0.4 is 15.8 Å². The first kappa shape index (κ1) is 18.0. The van der Waals surface area contributed by atoms with E-state index in [1.165, 1.54) is 12.8 Å². The van der Waals surface area contributed by atoms with Crippen molar-refractivity contribution in [2.75, 3.05) is 25.6 Å². The number of anilines is 1. The van der Waals surface area contributed by atoms with Gasteiger partial charge in [-0.25, -0.2) is 0 Å². The van der Waals surface area contributed by atoms with Crippen LogP contribution in [0.1, 0.15) is 25.7 Å². The molecule has 1 aliphatic rings. The van der Waals surface area contributed by atoms with Gasteiger partial charge in [-0.15, -0.1) is 24.0 Å². The van der Waals surface area contributed by atoms with Gasteiger partial charge in [-0.2, -0.15) is 0 Å². The summed E-state index contributed by atoms with van der Waals surface area (Å²) in [5.41, 5.74) is 6.74. The van der Waals surface area contributed by atoms with Gasteiger partial charge >= 0.3 is 0 Å². The molecule has 1 heterocycles. The number of hydrogen-bond acceptors (Lipinski definition) is 3. The average Bonchev–Trinajstić information content (AvgIpc) is 2.48. The third-order valence-corrected chi connectivity index (χ3v) is 3.35. The van der Waals surface area contributed by atoms with Crippen molar-refractivity contribution >= 4 is 35.6 Å². The molecule has 1 atom stereocenters. The van der Waals surface area contributed by atoms with E-state index < -0.39 is 0 Å². The Labute approximate surface area is 143 Å². The Balaban J connectivity index is 0.00000220. The van der Waals surface area contributed by atoms with Gasteiger partial charge in [0.1, 0.15) is 5.75 Å². The van der Waals surface area contributed by atoms with Gasteiger partial charge in [0.05, 0.1) is 13.2 Å². The molecule has 0 radical (unpaired) electrons. The number of halogens is 1. The summed E-state index contributed by atoms with van der Waals surface area (Å²) in [6.45, 7) is 1.57. The minimum atomic E-state index is 0. The Morgan fingerprint density at radius 3 is 3.05 bits per heavy atom. The number of aliphatic imine (C=N–C) groups is 1. The van der Waals surface area contributed by atoms with Gasteiger partial charge < -0.3 is 20.5 Å². The Hall–Kier alpha value is -1.02. The van der Waals surface area contributed by atoms with Gasteiger partial charge in [-0.3, -0.25) is 4.99 Å². The van der Waals surface area contributed by atoms with Gasteiger partial charge in [-0.05, 0) is 37.8 Å². The highest BCUT2D eigenvalue weighted by Crippen LogP contribution is 2.17. The van der Waals surface area contributed by atoms with E-state index in [-0.39, 0.29) is 24.0 Å². The largest absolute Gasteiger partial charge is 0.497 e. The maximum Gasteiger partial charge on any atom is 0.193 e. The highest BCUT2D eigenvalue weighted by atomic mass is 127. The van der Waals surface area contributed by atoms with E-state index in [0.29, 0.717) is 18.6 Å². The zero-order chi connectivity index (χ0) is 14.2. The second-order valence-corrected chi connectivity index (χ2v) is 4.90. The quantitative estimate of drug-likeness (QED) is 0.449. The summed E-state index contributed by atoms with van der Waals surface area (Å²) in [6.07, 6.45) is 4.85. The molecule has 1 aliphatic heterocycles. The second kappa shape index (κ2) is 9.83. The maximum atomic E-state index is 5.87. The van der Waals surface area contributed by atoms with E-state index in [9.17, 15) is 0 Å². The van der Waals surface area contributed by atoms with E-state index in [4.69, 9.17) is 15.2 Å². The van der Waals surface area contributed by atoms with Crippen LogP contribution in [0.2, 0.25) is 0 Å². The number of nitrogens with one attached hydrogen (secondary N) is 1. The third-order valence-electron chi connectivity index (χ3n) is 3.35. The van der Waals surface area contributed by atoms with Crippen LogP contribution in [0.4, 0.5) is 5.69 Å². The van der Waals surface area contributed by atoms with Crippen LogP contribution in [0.25, 0.3) is 0 Å². The molecule has 1 saturated heterocycles. The first-order valence-corrected chi connectivity index (χ1v) is 7.10. The summed E-state index contributed by atoms with van der Waals surface area (Å²) >= 11 is 0. The van der Waals surface area contributed by atoms with Crippen LogP contribution in [0.3, 0.4) is 0 Å². The Morgan fingerprint density at radius 1 is 1.48 bits per heavy atom.